The first-order valence-electron chi connectivity index (χ1n) is 7.96. The van der Waals surface area contributed by atoms with Gasteiger partial charge in [-0.15, -0.1) is 0 Å². The van der Waals surface area contributed by atoms with Crippen LogP contribution in [0.5, 0.6) is 0 Å². The number of nitrogens with two attached hydrogens (primary N) is 1. The normalized spacial score (nSPS) is 22.3. The molecule has 0 amide bonds. The van der Waals surface area contributed by atoms with E-state index in [0.717, 1.165) is 32.4 Å². The molecule has 1 heterocycles. The Bertz CT molecular complexity index is 487. The van der Waals surface area contributed by atoms with Crippen LogP contribution in [-0.4, -0.2) is 36.6 Å². The third-order valence-corrected chi connectivity index (χ3v) is 4.05. The Labute approximate surface area is 132 Å². The Hall–Kier alpha value is -1.65. The number of methoxy groups -OCH3 is 1. The van der Waals surface area contributed by atoms with Gasteiger partial charge in [0.1, 0.15) is 0 Å². The number of rotatable bonds is 7. The van der Waals surface area contributed by atoms with E-state index in [1.807, 2.05) is 6.07 Å². The molecule has 1 fully saturated rings. The highest BCUT2D eigenvalue weighted by Gasteiger charge is 2.27. The summed E-state index contributed by atoms with van der Waals surface area (Å²) in [5, 5.41) is 0. The number of hydrogen-bond donors (Lipinski definition) is 1. The molecule has 2 N–H and O–H groups in total. The zero-order valence-corrected chi connectivity index (χ0v) is 13.3. The molecule has 4 nitrogen and oxygen atoms in total. The Morgan fingerprint density at radius 3 is 2.91 bits per heavy atom. The van der Waals surface area contributed by atoms with Gasteiger partial charge in [-0.05, 0) is 24.8 Å². The summed E-state index contributed by atoms with van der Waals surface area (Å²) in [5.41, 5.74) is 7.44. The Balaban J connectivity index is 1.81. The monoisotopic (exact) mass is 302 g/mol. The number of benzene rings is 1. The molecule has 0 bridgehead atoms. The van der Waals surface area contributed by atoms with Crippen LogP contribution in [0.3, 0.4) is 0 Å². The molecule has 1 saturated heterocycles. The minimum atomic E-state index is -0.137. The van der Waals surface area contributed by atoms with Crippen molar-refractivity contribution in [2.45, 2.75) is 44.3 Å². The minimum Gasteiger partial charge on any atom is -0.469 e. The smallest absolute Gasteiger partial charge is 0.305 e. The fourth-order valence-corrected chi connectivity index (χ4v) is 2.89. The number of carbonyl (C=O) groups excluding carboxylic acids is 1. The molecule has 4 heteroatoms. The molecule has 2 rings (SSSR count). The van der Waals surface area contributed by atoms with Crippen molar-refractivity contribution in [2.24, 2.45) is 5.73 Å². The topological polar surface area (TPSA) is 55.6 Å². The Morgan fingerprint density at radius 2 is 2.18 bits per heavy atom. The van der Waals surface area contributed by atoms with E-state index in [2.05, 4.69) is 46.1 Å². The van der Waals surface area contributed by atoms with Gasteiger partial charge in [-0.3, -0.25) is 9.69 Å². The van der Waals surface area contributed by atoms with Gasteiger partial charge in [-0.1, -0.05) is 42.5 Å². The summed E-state index contributed by atoms with van der Waals surface area (Å²) >= 11 is 0. The third kappa shape index (κ3) is 5.28. The number of likely N-dealkylation sites (tertiary alicyclic amines) is 1. The lowest BCUT2D eigenvalue weighted by Crippen LogP contribution is -2.29. The first-order valence-corrected chi connectivity index (χ1v) is 7.96. The van der Waals surface area contributed by atoms with Crippen LogP contribution in [0.2, 0.25) is 0 Å². The molecule has 1 aromatic carbocycles. The summed E-state index contributed by atoms with van der Waals surface area (Å²) in [7, 11) is 1.43. The van der Waals surface area contributed by atoms with Gasteiger partial charge < -0.3 is 10.5 Å². The second kappa shape index (κ2) is 8.71. The van der Waals surface area contributed by atoms with Crippen molar-refractivity contribution in [3.8, 4) is 0 Å². The highest BCUT2D eigenvalue weighted by atomic mass is 16.5. The van der Waals surface area contributed by atoms with Gasteiger partial charge >= 0.3 is 5.97 Å². The molecular formula is C18H26N2O2. The molecular weight excluding hydrogens is 276 g/mol. The minimum absolute atomic E-state index is 0.137. The zero-order chi connectivity index (χ0) is 15.8. The van der Waals surface area contributed by atoms with Crippen LogP contribution in [0.15, 0.2) is 42.5 Å². The average molecular weight is 302 g/mol. The molecule has 0 radical (unpaired) electrons. The number of nitrogens with zero attached hydrogens (tertiary/aromatic N) is 1. The van der Waals surface area contributed by atoms with Crippen LogP contribution in [0, 0.1) is 0 Å². The standard InChI is InChI=1S/C18H26N2O2/c1-22-18(21)11-7-3-6-10-17-12-16(19)14-20(17)13-15-8-4-2-5-9-15/h2,4-6,8-10,16-17H,3,7,11-14,19H2,1H3/b10-6-/t16-,17-/m1/s1. The first kappa shape index (κ1) is 16.7. The molecule has 1 aliphatic heterocycles. The van der Waals surface area contributed by atoms with Gasteiger partial charge in [0.25, 0.3) is 0 Å². The van der Waals surface area contributed by atoms with Crippen LogP contribution in [-0.2, 0) is 16.1 Å². The van der Waals surface area contributed by atoms with Crippen molar-refractivity contribution in [1.29, 1.82) is 0 Å². The van der Waals surface area contributed by atoms with E-state index in [4.69, 9.17) is 5.73 Å². The van der Waals surface area contributed by atoms with E-state index >= 15 is 0 Å². The average Bonchev–Trinajstić information content (AvgIpc) is 2.87. The van der Waals surface area contributed by atoms with E-state index in [9.17, 15) is 4.79 Å². The second-order valence-corrected chi connectivity index (χ2v) is 5.87. The molecule has 0 aromatic heterocycles. The molecule has 1 aliphatic rings. The van der Waals surface area contributed by atoms with Crippen molar-refractivity contribution >= 4 is 5.97 Å². The van der Waals surface area contributed by atoms with Crippen molar-refractivity contribution in [3.05, 3.63) is 48.0 Å². The predicted molar refractivity (Wildman–Crippen MR) is 88.2 cm³/mol. The van der Waals surface area contributed by atoms with Gasteiger partial charge in [-0.2, -0.15) is 0 Å². The van der Waals surface area contributed by atoms with Crippen LogP contribution < -0.4 is 5.73 Å². The number of carbonyl (C=O) groups is 1. The van der Waals surface area contributed by atoms with Gasteiger partial charge in [0.05, 0.1) is 7.11 Å². The van der Waals surface area contributed by atoms with Crippen molar-refractivity contribution in [2.75, 3.05) is 13.7 Å². The zero-order valence-electron chi connectivity index (χ0n) is 13.3. The fourth-order valence-electron chi connectivity index (χ4n) is 2.89. The highest BCUT2D eigenvalue weighted by molar-refractivity contribution is 5.69. The quantitative estimate of drug-likeness (QED) is 0.477. The predicted octanol–water partition coefficient (Wildman–Crippen LogP) is 2.49. The maximum Gasteiger partial charge on any atom is 0.305 e. The van der Waals surface area contributed by atoms with Gasteiger partial charge in [0.2, 0.25) is 0 Å². The van der Waals surface area contributed by atoms with E-state index in [1.54, 1.807) is 0 Å². The number of hydrogen-bond acceptors (Lipinski definition) is 4. The fraction of sp³-hybridized carbons (Fsp3) is 0.500. The lowest BCUT2D eigenvalue weighted by atomic mass is 10.1. The highest BCUT2D eigenvalue weighted by Crippen LogP contribution is 2.21. The largest absolute Gasteiger partial charge is 0.469 e. The Morgan fingerprint density at radius 1 is 1.41 bits per heavy atom. The lowest BCUT2D eigenvalue weighted by Gasteiger charge is -2.21. The number of esters is 1. The molecule has 120 valence electrons. The molecule has 0 unspecified atom stereocenters. The molecule has 2 atom stereocenters. The SMILES string of the molecule is COC(=O)CCC/C=C\[C@@H]1C[C@@H](N)CN1Cc1ccccc1. The molecule has 1 aromatic rings. The van der Waals surface area contributed by atoms with Gasteiger partial charge in [0, 0.05) is 31.6 Å². The molecule has 0 saturated carbocycles. The first-order chi connectivity index (χ1) is 10.7. The van der Waals surface area contributed by atoms with Crippen LogP contribution in [0.25, 0.3) is 0 Å². The number of unbranched alkanes of at least 4 members (excludes halogenated alkanes) is 1. The number of allylic oxidation sites excluding steroid dienone is 1. The van der Waals surface area contributed by atoms with Gasteiger partial charge in [0.15, 0.2) is 0 Å². The summed E-state index contributed by atoms with van der Waals surface area (Å²) in [6.45, 7) is 1.87. The van der Waals surface area contributed by atoms with E-state index in [-0.39, 0.29) is 12.0 Å². The second-order valence-electron chi connectivity index (χ2n) is 5.87. The number of ether oxygens (including phenoxy) is 1. The van der Waals surface area contributed by atoms with Crippen LogP contribution >= 0.6 is 0 Å². The van der Waals surface area contributed by atoms with Gasteiger partial charge in [-0.25, -0.2) is 0 Å². The van der Waals surface area contributed by atoms with Crippen LogP contribution in [0.4, 0.5) is 0 Å². The molecule has 0 spiro atoms. The summed E-state index contributed by atoms with van der Waals surface area (Å²) in [6, 6.07) is 11.1. The summed E-state index contributed by atoms with van der Waals surface area (Å²) in [6.07, 6.45) is 7.64. The maximum atomic E-state index is 11.1. The van der Waals surface area contributed by atoms with E-state index < -0.39 is 0 Å². The maximum absolute atomic E-state index is 11.1. The van der Waals surface area contributed by atoms with E-state index in [0.29, 0.717) is 12.5 Å². The summed E-state index contributed by atoms with van der Waals surface area (Å²) in [4.78, 5) is 13.5. The van der Waals surface area contributed by atoms with Crippen molar-refractivity contribution < 1.29 is 9.53 Å². The summed E-state index contributed by atoms with van der Waals surface area (Å²) in [5.74, 6) is -0.137. The molecule has 0 aliphatic carbocycles. The van der Waals surface area contributed by atoms with E-state index in [1.165, 1.54) is 12.7 Å². The van der Waals surface area contributed by atoms with Crippen LogP contribution in [0.1, 0.15) is 31.2 Å². The lowest BCUT2D eigenvalue weighted by molar-refractivity contribution is -0.140. The Kier molecular flexibility index (Phi) is 6.62. The molecule has 22 heavy (non-hydrogen) atoms. The van der Waals surface area contributed by atoms with Crippen molar-refractivity contribution in [1.82, 2.24) is 4.90 Å². The third-order valence-electron chi connectivity index (χ3n) is 4.05. The summed E-state index contributed by atoms with van der Waals surface area (Å²) < 4.78 is 4.64. The van der Waals surface area contributed by atoms with Crippen molar-refractivity contribution in [3.63, 3.8) is 0 Å².